The Morgan fingerprint density at radius 1 is 1.11 bits per heavy atom. The van der Waals surface area contributed by atoms with Gasteiger partial charge in [-0.15, -0.1) is 0 Å². The molecule has 2 aliphatic heterocycles. The van der Waals surface area contributed by atoms with E-state index in [1.165, 1.54) is 18.2 Å². The van der Waals surface area contributed by atoms with Crippen LogP contribution in [0.15, 0.2) is 48.2 Å². The molecule has 36 heavy (non-hydrogen) atoms. The van der Waals surface area contributed by atoms with Crippen molar-refractivity contribution in [1.29, 1.82) is 0 Å². The van der Waals surface area contributed by atoms with Gasteiger partial charge in [0.25, 0.3) is 0 Å². The number of hydrogen-bond acceptors (Lipinski definition) is 6. The molecule has 5 rings (SSSR count). The first-order chi connectivity index (χ1) is 17.4. The smallest absolute Gasteiger partial charge is 0.231 e. The van der Waals surface area contributed by atoms with E-state index in [-0.39, 0.29) is 22.1 Å². The number of hydrogen-bond donors (Lipinski definition) is 0. The molecule has 3 aromatic carbocycles. The van der Waals surface area contributed by atoms with Gasteiger partial charge in [0.2, 0.25) is 5.78 Å². The molecule has 0 fully saturated rings. The molecule has 2 aliphatic rings. The minimum Gasteiger partial charge on any atom is -0.493 e. The van der Waals surface area contributed by atoms with Gasteiger partial charge in [0.05, 0.1) is 24.8 Å². The molecule has 2 heterocycles. The Bertz CT molecular complexity index is 1370. The summed E-state index contributed by atoms with van der Waals surface area (Å²) in [4.78, 5) is 15.3. The monoisotopic (exact) mass is 509 g/mol. The van der Waals surface area contributed by atoms with Crippen molar-refractivity contribution in [3.8, 4) is 23.0 Å². The maximum Gasteiger partial charge on any atom is 0.231 e. The maximum atomic E-state index is 14.3. The van der Waals surface area contributed by atoms with Crippen LogP contribution in [0.25, 0.3) is 6.08 Å². The highest BCUT2D eigenvalue weighted by Gasteiger charge is 2.34. The lowest BCUT2D eigenvalue weighted by atomic mass is 9.99. The summed E-state index contributed by atoms with van der Waals surface area (Å²) in [6, 6.07) is 12.1. The zero-order valence-electron chi connectivity index (χ0n) is 20.2. The number of fused-ring (bicyclic) bond motifs is 2. The fourth-order valence-corrected chi connectivity index (χ4v) is 4.76. The molecule has 6 nitrogen and oxygen atoms in total. The molecule has 186 valence electrons. The highest BCUT2D eigenvalue weighted by molar-refractivity contribution is 6.32. The van der Waals surface area contributed by atoms with Crippen LogP contribution in [0.1, 0.15) is 32.6 Å². The number of allylic oxidation sites excluding steroid dienone is 1. The van der Waals surface area contributed by atoms with Crippen molar-refractivity contribution in [2.75, 3.05) is 27.5 Å². The van der Waals surface area contributed by atoms with Crippen molar-refractivity contribution in [3.05, 3.63) is 86.9 Å². The third-order valence-electron chi connectivity index (χ3n) is 6.44. The summed E-state index contributed by atoms with van der Waals surface area (Å²) >= 11 is 6.13. The van der Waals surface area contributed by atoms with Gasteiger partial charge < -0.3 is 18.9 Å². The normalized spacial score (nSPS) is 15.8. The Labute approximate surface area is 213 Å². The highest BCUT2D eigenvalue weighted by atomic mass is 35.5. The third-order valence-corrected chi connectivity index (χ3v) is 6.77. The van der Waals surface area contributed by atoms with Crippen LogP contribution in [0.4, 0.5) is 4.39 Å². The second-order valence-corrected chi connectivity index (χ2v) is 9.11. The fourth-order valence-electron chi connectivity index (χ4n) is 4.54. The summed E-state index contributed by atoms with van der Waals surface area (Å²) < 4.78 is 36.9. The summed E-state index contributed by atoms with van der Waals surface area (Å²) in [5.74, 6) is 1.75. The van der Waals surface area contributed by atoms with Crippen LogP contribution in [0.5, 0.6) is 23.0 Å². The van der Waals surface area contributed by atoms with Gasteiger partial charge in [-0.1, -0.05) is 23.7 Å². The van der Waals surface area contributed by atoms with Gasteiger partial charge in [0.15, 0.2) is 17.3 Å². The molecule has 0 bridgehead atoms. The zero-order valence-corrected chi connectivity index (χ0v) is 20.9. The van der Waals surface area contributed by atoms with Crippen LogP contribution in [0.3, 0.4) is 0 Å². The first-order valence-corrected chi connectivity index (χ1v) is 11.9. The number of halogens is 2. The van der Waals surface area contributed by atoms with Crippen LogP contribution in [0, 0.1) is 12.7 Å². The van der Waals surface area contributed by atoms with Crippen LogP contribution in [0.2, 0.25) is 5.02 Å². The van der Waals surface area contributed by atoms with E-state index >= 15 is 0 Å². The van der Waals surface area contributed by atoms with Crippen molar-refractivity contribution in [1.82, 2.24) is 4.90 Å². The molecule has 8 heteroatoms. The lowest BCUT2D eigenvalue weighted by Crippen LogP contribution is -2.34. The largest absolute Gasteiger partial charge is 0.493 e. The summed E-state index contributed by atoms with van der Waals surface area (Å²) in [6.45, 7) is 3.67. The molecule has 0 amide bonds. The van der Waals surface area contributed by atoms with Gasteiger partial charge in [0.1, 0.15) is 24.0 Å². The molecule has 0 N–H and O–H groups in total. The first kappa shape index (κ1) is 24.2. The molecular formula is C28H25ClFNO5. The van der Waals surface area contributed by atoms with Gasteiger partial charge in [-0.2, -0.15) is 0 Å². The predicted molar refractivity (Wildman–Crippen MR) is 135 cm³/mol. The highest BCUT2D eigenvalue weighted by Crippen LogP contribution is 2.43. The average molecular weight is 510 g/mol. The van der Waals surface area contributed by atoms with Crippen LogP contribution in [-0.2, 0) is 13.0 Å². The summed E-state index contributed by atoms with van der Waals surface area (Å²) in [5, 5.41) is 0.208. The van der Waals surface area contributed by atoms with Gasteiger partial charge in [-0.3, -0.25) is 9.69 Å². The van der Waals surface area contributed by atoms with Crippen molar-refractivity contribution in [3.63, 3.8) is 0 Å². The summed E-state index contributed by atoms with van der Waals surface area (Å²) in [6.07, 6.45) is 2.15. The van der Waals surface area contributed by atoms with Crippen molar-refractivity contribution in [2.24, 2.45) is 0 Å². The molecule has 3 aromatic rings. The van der Waals surface area contributed by atoms with Gasteiger partial charge >= 0.3 is 0 Å². The Balaban J connectivity index is 1.35. The second-order valence-electron chi connectivity index (χ2n) is 8.71. The van der Waals surface area contributed by atoms with E-state index in [1.807, 2.05) is 31.2 Å². The first-order valence-electron chi connectivity index (χ1n) is 11.5. The topological polar surface area (TPSA) is 57.2 Å². The Morgan fingerprint density at radius 2 is 1.92 bits per heavy atom. The van der Waals surface area contributed by atoms with Crippen molar-refractivity contribution in [2.45, 2.75) is 19.9 Å². The summed E-state index contributed by atoms with van der Waals surface area (Å²) in [7, 11) is 3.23. The SMILES string of the molecule is COc1ccc(CCN2COc3c(cc4c(c3C)O/C(=C\c3c(F)cccc3Cl)C4=O)C2)cc1OC. The quantitative estimate of drug-likeness (QED) is 0.390. The maximum absolute atomic E-state index is 14.3. The van der Waals surface area contributed by atoms with Gasteiger partial charge in [0, 0.05) is 29.8 Å². The number of benzene rings is 3. The number of Topliss-reactive ketones (excluding diaryl/α,β-unsaturated/α-hetero) is 1. The standard InChI is InChI=1S/C28H25ClFNO5/c1-16-27-18(14-31(15-35-27)10-9-17-7-8-23(33-2)24(11-17)34-3)12-20-26(32)25(36-28(16)20)13-19-21(29)5-4-6-22(19)30/h4-8,11-13H,9-10,14-15H2,1-3H3/b25-13-. The number of carbonyl (C=O) groups excluding carboxylic acids is 1. The molecular weight excluding hydrogens is 485 g/mol. The average Bonchev–Trinajstić information content (AvgIpc) is 3.20. The molecule has 0 aliphatic carbocycles. The molecule has 0 saturated heterocycles. The van der Waals surface area contributed by atoms with E-state index in [0.717, 1.165) is 29.7 Å². The van der Waals surface area contributed by atoms with Gasteiger partial charge in [-0.25, -0.2) is 4.39 Å². The lowest BCUT2D eigenvalue weighted by molar-refractivity contribution is 0.0953. The number of nitrogens with zero attached hydrogens (tertiary/aromatic N) is 1. The van der Waals surface area contributed by atoms with E-state index < -0.39 is 5.82 Å². The van der Waals surface area contributed by atoms with Crippen molar-refractivity contribution < 1.29 is 28.1 Å². The minimum atomic E-state index is -0.521. The molecule has 0 atom stereocenters. The number of rotatable bonds is 6. The van der Waals surface area contributed by atoms with Crippen molar-refractivity contribution >= 4 is 23.5 Å². The third kappa shape index (κ3) is 4.40. The van der Waals surface area contributed by atoms with E-state index in [9.17, 15) is 9.18 Å². The number of ether oxygens (including phenoxy) is 4. The number of carbonyl (C=O) groups is 1. The van der Waals surface area contributed by atoms with Crippen LogP contribution < -0.4 is 18.9 Å². The second kappa shape index (κ2) is 9.84. The minimum absolute atomic E-state index is 0.0350. The fraction of sp³-hybridized carbons (Fsp3) is 0.250. The van der Waals surface area contributed by atoms with Gasteiger partial charge in [-0.05, 0) is 55.3 Å². The Morgan fingerprint density at radius 3 is 2.67 bits per heavy atom. The van der Waals surface area contributed by atoms with E-state index in [1.54, 1.807) is 20.3 Å². The Hall–Kier alpha value is -3.55. The van der Waals surface area contributed by atoms with Crippen LogP contribution in [-0.4, -0.2) is 38.2 Å². The van der Waals surface area contributed by atoms with E-state index in [0.29, 0.717) is 41.8 Å². The Kier molecular flexibility index (Phi) is 6.60. The molecule has 0 saturated carbocycles. The molecule has 0 radical (unpaired) electrons. The number of methoxy groups -OCH3 is 2. The predicted octanol–water partition coefficient (Wildman–Crippen LogP) is 5.82. The summed E-state index contributed by atoms with van der Waals surface area (Å²) in [5.41, 5.74) is 3.34. The lowest BCUT2D eigenvalue weighted by Gasteiger charge is -2.30. The molecule has 0 unspecified atom stereocenters. The van der Waals surface area contributed by atoms with E-state index in [4.69, 9.17) is 30.5 Å². The molecule has 0 aromatic heterocycles. The molecule has 0 spiro atoms. The number of ketones is 1. The zero-order chi connectivity index (χ0) is 25.4. The van der Waals surface area contributed by atoms with E-state index in [2.05, 4.69) is 4.90 Å². The van der Waals surface area contributed by atoms with Crippen LogP contribution >= 0.6 is 11.6 Å².